The number of methoxy groups -OCH3 is 1. The first-order chi connectivity index (χ1) is 11.0. The summed E-state index contributed by atoms with van der Waals surface area (Å²) < 4.78 is 15.7. The maximum absolute atomic E-state index is 12.6. The summed E-state index contributed by atoms with van der Waals surface area (Å²) in [5, 5.41) is 0.327. The molecule has 118 valence electrons. The molecule has 0 unspecified atom stereocenters. The molecule has 7 nitrogen and oxygen atoms in total. The summed E-state index contributed by atoms with van der Waals surface area (Å²) in [6.45, 7) is 1.89. The van der Waals surface area contributed by atoms with E-state index in [0.29, 0.717) is 16.7 Å². The molecule has 23 heavy (non-hydrogen) atoms. The summed E-state index contributed by atoms with van der Waals surface area (Å²) in [6.07, 6.45) is 0. The molecule has 0 atom stereocenters. The number of fused-ring (bicyclic) bond motifs is 2. The van der Waals surface area contributed by atoms with Crippen LogP contribution in [0, 0.1) is 0 Å². The number of aromatic nitrogens is 1. The van der Waals surface area contributed by atoms with Gasteiger partial charge in [0.1, 0.15) is 22.7 Å². The summed E-state index contributed by atoms with van der Waals surface area (Å²) in [5.41, 5.74) is 6.08. The lowest BCUT2D eigenvalue weighted by molar-refractivity contribution is 0.0527. The lowest BCUT2D eigenvalue weighted by Crippen LogP contribution is -2.12. The number of hydrogen-bond acceptors (Lipinski definition) is 7. The van der Waals surface area contributed by atoms with Gasteiger partial charge in [0.2, 0.25) is 5.43 Å². The number of nitrogens with two attached hydrogens (primary N) is 1. The topological polar surface area (TPSA) is 105 Å². The number of nitrogens with zero attached hydrogens (tertiary/aromatic N) is 1. The molecule has 0 saturated heterocycles. The fourth-order valence-electron chi connectivity index (χ4n) is 2.27. The Bertz CT molecular complexity index is 978. The number of nitrogen functional groups attached to an aromatic ring is 1. The first-order valence-corrected chi connectivity index (χ1v) is 6.93. The van der Waals surface area contributed by atoms with E-state index in [1.807, 2.05) is 0 Å². The molecule has 7 heteroatoms. The van der Waals surface area contributed by atoms with Crippen LogP contribution >= 0.6 is 0 Å². The van der Waals surface area contributed by atoms with Crippen molar-refractivity contribution in [3.63, 3.8) is 0 Å². The number of ether oxygens (including phenoxy) is 2. The van der Waals surface area contributed by atoms with Crippen molar-refractivity contribution in [2.24, 2.45) is 0 Å². The van der Waals surface area contributed by atoms with Crippen molar-refractivity contribution in [1.82, 2.24) is 4.98 Å². The lowest BCUT2D eigenvalue weighted by atomic mass is 10.1. The Balaban J connectivity index is 2.31. The Labute approximate surface area is 130 Å². The standard InChI is InChI=1S/C16H14N2O5/c1-3-22-16(20)10-7-12-13(18-15(10)17)14(19)9-6-8(21-2)4-5-11(9)23-12/h4-7H,3H2,1-2H3,(H2,17,18). The quantitative estimate of drug-likeness (QED) is 0.583. The molecular weight excluding hydrogens is 300 g/mol. The fourth-order valence-corrected chi connectivity index (χ4v) is 2.27. The van der Waals surface area contributed by atoms with E-state index in [1.54, 1.807) is 25.1 Å². The normalized spacial score (nSPS) is 10.9. The van der Waals surface area contributed by atoms with Crippen LogP contribution in [0.1, 0.15) is 17.3 Å². The van der Waals surface area contributed by atoms with Crippen LogP contribution in [0.3, 0.4) is 0 Å². The van der Waals surface area contributed by atoms with Gasteiger partial charge in [-0.15, -0.1) is 0 Å². The van der Waals surface area contributed by atoms with E-state index in [4.69, 9.17) is 19.6 Å². The SMILES string of the molecule is CCOC(=O)c1cc2oc3ccc(OC)cc3c(=O)c2nc1N. The van der Waals surface area contributed by atoms with Crippen LogP contribution in [0.2, 0.25) is 0 Å². The zero-order chi connectivity index (χ0) is 16.6. The summed E-state index contributed by atoms with van der Waals surface area (Å²) in [4.78, 5) is 28.4. The molecule has 0 saturated carbocycles. The molecule has 0 bridgehead atoms. The van der Waals surface area contributed by atoms with Crippen molar-refractivity contribution < 1.29 is 18.7 Å². The highest BCUT2D eigenvalue weighted by atomic mass is 16.5. The number of rotatable bonds is 3. The zero-order valence-electron chi connectivity index (χ0n) is 12.6. The molecule has 0 aliphatic rings. The lowest BCUT2D eigenvalue weighted by Gasteiger charge is -2.07. The van der Waals surface area contributed by atoms with E-state index in [-0.39, 0.29) is 34.5 Å². The predicted octanol–water partition coefficient (Wildman–Crippen LogP) is 2.11. The van der Waals surface area contributed by atoms with Crippen LogP contribution < -0.4 is 15.9 Å². The van der Waals surface area contributed by atoms with E-state index in [9.17, 15) is 9.59 Å². The van der Waals surface area contributed by atoms with Crippen LogP contribution in [0.25, 0.3) is 22.1 Å². The van der Waals surface area contributed by atoms with E-state index in [1.165, 1.54) is 13.2 Å². The molecule has 1 aromatic carbocycles. The van der Waals surface area contributed by atoms with Crippen LogP contribution in [-0.4, -0.2) is 24.7 Å². The molecule has 0 aliphatic carbocycles. The van der Waals surface area contributed by atoms with E-state index in [0.717, 1.165) is 0 Å². The van der Waals surface area contributed by atoms with Crippen molar-refractivity contribution in [1.29, 1.82) is 0 Å². The van der Waals surface area contributed by atoms with Gasteiger partial charge in [-0.1, -0.05) is 0 Å². The molecule has 2 heterocycles. The van der Waals surface area contributed by atoms with Crippen molar-refractivity contribution in [2.45, 2.75) is 6.92 Å². The number of carbonyl (C=O) groups excluding carboxylic acids is 1. The smallest absolute Gasteiger partial charge is 0.342 e. The van der Waals surface area contributed by atoms with E-state index < -0.39 is 5.97 Å². The van der Waals surface area contributed by atoms with E-state index >= 15 is 0 Å². The minimum atomic E-state index is -0.614. The molecule has 0 fully saturated rings. The summed E-state index contributed by atoms with van der Waals surface area (Å²) in [5.74, 6) is -0.164. The first kappa shape index (κ1) is 14.8. The summed E-state index contributed by atoms with van der Waals surface area (Å²) in [6, 6.07) is 6.24. The maximum atomic E-state index is 12.6. The number of benzene rings is 1. The number of esters is 1. The van der Waals surface area contributed by atoms with Gasteiger partial charge in [0.25, 0.3) is 0 Å². The highest BCUT2D eigenvalue weighted by Crippen LogP contribution is 2.24. The van der Waals surface area contributed by atoms with Crippen molar-refractivity contribution in [2.75, 3.05) is 19.5 Å². The van der Waals surface area contributed by atoms with Gasteiger partial charge in [-0.25, -0.2) is 9.78 Å². The minimum absolute atomic E-state index is 0.0521. The van der Waals surface area contributed by atoms with Gasteiger partial charge >= 0.3 is 5.97 Å². The van der Waals surface area contributed by atoms with E-state index in [2.05, 4.69) is 4.98 Å². The van der Waals surface area contributed by atoms with Gasteiger partial charge in [-0.05, 0) is 25.1 Å². The minimum Gasteiger partial charge on any atom is -0.497 e. The van der Waals surface area contributed by atoms with Gasteiger partial charge in [0.15, 0.2) is 11.1 Å². The zero-order valence-corrected chi connectivity index (χ0v) is 12.6. The summed E-state index contributed by atoms with van der Waals surface area (Å²) in [7, 11) is 1.51. The highest BCUT2D eigenvalue weighted by molar-refractivity contribution is 5.99. The molecule has 0 aliphatic heterocycles. The third-order valence-corrected chi connectivity index (χ3v) is 3.38. The number of hydrogen-bond donors (Lipinski definition) is 1. The highest BCUT2D eigenvalue weighted by Gasteiger charge is 2.17. The Morgan fingerprint density at radius 3 is 2.78 bits per heavy atom. The Morgan fingerprint density at radius 2 is 2.09 bits per heavy atom. The van der Waals surface area contributed by atoms with Crippen LogP contribution in [0.5, 0.6) is 5.75 Å². The largest absolute Gasteiger partial charge is 0.497 e. The number of carbonyl (C=O) groups is 1. The molecule has 3 aromatic rings. The van der Waals surface area contributed by atoms with Gasteiger partial charge in [-0.2, -0.15) is 0 Å². The first-order valence-electron chi connectivity index (χ1n) is 6.93. The van der Waals surface area contributed by atoms with Gasteiger partial charge in [0, 0.05) is 6.07 Å². The molecule has 0 amide bonds. The van der Waals surface area contributed by atoms with Gasteiger partial charge in [0.05, 0.1) is 19.1 Å². The molecule has 3 rings (SSSR count). The van der Waals surface area contributed by atoms with Crippen molar-refractivity contribution in [3.8, 4) is 5.75 Å². The molecule has 0 spiro atoms. The molecular formula is C16H14N2O5. The molecule has 2 aromatic heterocycles. The predicted molar refractivity (Wildman–Crippen MR) is 84.7 cm³/mol. The third-order valence-electron chi connectivity index (χ3n) is 3.38. The average molecular weight is 314 g/mol. The van der Waals surface area contributed by atoms with Crippen LogP contribution in [-0.2, 0) is 4.74 Å². The Hall–Kier alpha value is -3.09. The second-order valence-electron chi connectivity index (χ2n) is 4.78. The summed E-state index contributed by atoms with van der Waals surface area (Å²) >= 11 is 0. The second kappa shape index (κ2) is 5.60. The van der Waals surface area contributed by atoms with Gasteiger partial charge < -0.3 is 19.6 Å². The average Bonchev–Trinajstić information content (AvgIpc) is 2.55. The van der Waals surface area contributed by atoms with Crippen molar-refractivity contribution >= 4 is 33.9 Å². The third kappa shape index (κ3) is 2.46. The number of anilines is 1. The monoisotopic (exact) mass is 314 g/mol. The Morgan fingerprint density at radius 1 is 1.30 bits per heavy atom. The van der Waals surface area contributed by atoms with Gasteiger partial charge in [-0.3, -0.25) is 4.79 Å². The number of pyridine rings is 1. The molecule has 2 N–H and O–H groups in total. The van der Waals surface area contributed by atoms with Crippen LogP contribution in [0.15, 0.2) is 33.5 Å². The fraction of sp³-hybridized carbons (Fsp3) is 0.188. The molecule has 0 radical (unpaired) electrons. The Kier molecular flexibility index (Phi) is 3.61. The maximum Gasteiger partial charge on any atom is 0.342 e. The van der Waals surface area contributed by atoms with Crippen LogP contribution in [0.4, 0.5) is 5.82 Å². The second-order valence-corrected chi connectivity index (χ2v) is 4.78. The van der Waals surface area contributed by atoms with Crippen molar-refractivity contribution in [3.05, 3.63) is 40.1 Å².